The van der Waals surface area contributed by atoms with Gasteiger partial charge in [0.25, 0.3) is 0 Å². The summed E-state index contributed by atoms with van der Waals surface area (Å²) in [4.78, 5) is 2.56. The highest BCUT2D eigenvalue weighted by Gasteiger charge is 2.25. The summed E-state index contributed by atoms with van der Waals surface area (Å²) in [5.41, 5.74) is 2.82. The minimum atomic E-state index is 0.148. The van der Waals surface area contributed by atoms with Crippen molar-refractivity contribution < 1.29 is 0 Å². The molecule has 0 spiro atoms. The largest absolute Gasteiger partial charge is 0.369 e. The maximum Gasteiger partial charge on any atom is 0.0380 e. The molecule has 2 rings (SSSR count). The summed E-state index contributed by atoms with van der Waals surface area (Å²) in [6, 6.07) is 7.45. The van der Waals surface area contributed by atoms with Gasteiger partial charge in [-0.15, -0.1) is 0 Å². The Balaban J connectivity index is 2.11. The molecule has 2 unspecified atom stereocenters. The van der Waals surface area contributed by atoms with Crippen LogP contribution in [0.4, 0.5) is 5.69 Å². The topological polar surface area (TPSA) is 15.3 Å². The van der Waals surface area contributed by atoms with Crippen LogP contribution in [-0.4, -0.2) is 18.1 Å². The molecule has 118 valence electrons. The van der Waals surface area contributed by atoms with Gasteiger partial charge in [-0.05, 0) is 64.2 Å². The Labute approximate surface area is 138 Å². The second kappa shape index (κ2) is 6.70. The molecule has 0 bridgehead atoms. The van der Waals surface area contributed by atoms with Gasteiger partial charge in [0.1, 0.15) is 0 Å². The second-order valence-corrected chi connectivity index (χ2v) is 8.29. The zero-order valence-corrected chi connectivity index (χ0v) is 15.6. The molecule has 0 amide bonds. The number of hydrogen-bond acceptors (Lipinski definition) is 2. The predicted octanol–water partition coefficient (Wildman–Crippen LogP) is 4.96. The third-order valence-electron chi connectivity index (χ3n) is 4.55. The third kappa shape index (κ3) is 4.46. The van der Waals surface area contributed by atoms with Gasteiger partial charge in [-0.3, -0.25) is 0 Å². The lowest BCUT2D eigenvalue weighted by Gasteiger charge is -2.39. The number of rotatable bonds is 3. The number of benzene rings is 1. The zero-order chi connectivity index (χ0) is 15.6. The molecule has 0 aromatic heterocycles. The molecule has 2 atom stereocenters. The monoisotopic (exact) mass is 352 g/mol. The minimum absolute atomic E-state index is 0.148. The van der Waals surface area contributed by atoms with Crippen LogP contribution in [0.15, 0.2) is 22.7 Å². The Morgan fingerprint density at radius 1 is 1.29 bits per heavy atom. The van der Waals surface area contributed by atoms with Gasteiger partial charge >= 0.3 is 0 Å². The van der Waals surface area contributed by atoms with E-state index in [0.717, 1.165) is 12.5 Å². The van der Waals surface area contributed by atoms with Crippen LogP contribution in [0, 0.1) is 5.92 Å². The van der Waals surface area contributed by atoms with Crippen molar-refractivity contribution in [1.29, 1.82) is 0 Å². The number of hydrogen-bond donors (Lipinski definition) is 1. The summed E-state index contributed by atoms with van der Waals surface area (Å²) >= 11 is 3.75. The Morgan fingerprint density at radius 2 is 2.00 bits per heavy atom. The van der Waals surface area contributed by atoms with Crippen molar-refractivity contribution in [3.8, 4) is 0 Å². The molecule has 2 nitrogen and oxygen atoms in total. The second-order valence-electron chi connectivity index (χ2n) is 7.43. The molecular formula is C18H29BrN2. The van der Waals surface area contributed by atoms with Crippen molar-refractivity contribution in [2.24, 2.45) is 5.92 Å². The number of halogens is 1. The van der Waals surface area contributed by atoms with Crippen LogP contribution in [0.5, 0.6) is 0 Å². The van der Waals surface area contributed by atoms with E-state index < -0.39 is 0 Å². The fourth-order valence-electron chi connectivity index (χ4n) is 2.92. The lowest BCUT2D eigenvalue weighted by Crippen LogP contribution is -2.42. The highest BCUT2D eigenvalue weighted by atomic mass is 79.9. The van der Waals surface area contributed by atoms with Gasteiger partial charge in [0.2, 0.25) is 0 Å². The van der Waals surface area contributed by atoms with Crippen molar-refractivity contribution in [3.63, 3.8) is 0 Å². The maximum atomic E-state index is 3.75. The lowest BCUT2D eigenvalue weighted by molar-refractivity contribution is 0.363. The van der Waals surface area contributed by atoms with Gasteiger partial charge in [-0.2, -0.15) is 0 Å². The average molecular weight is 353 g/mol. The normalized spacial score (nSPS) is 23.4. The molecule has 1 saturated heterocycles. The SMILES string of the molecule is CC1CCCN(c2ccc(CNC(C)(C)C)c(Br)c2)C1C. The van der Waals surface area contributed by atoms with E-state index in [0.29, 0.717) is 6.04 Å². The highest BCUT2D eigenvalue weighted by molar-refractivity contribution is 9.10. The van der Waals surface area contributed by atoms with Crippen molar-refractivity contribution >= 4 is 21.6 Å². The molecule has 0 radical (unpaired) electrons. The van der Waals surface area contributed by atoms with E-state index in [2.05, 4.69) is 79.0 Å². The van der Waals surface area contributed by atoms with Crippen LogP contribution in [-0.2, 0) is 6.54 Å². The molecule has 0 aliphatic carbocycles. The Kier molecular flexibility index (Phi) is 5.37. The standard InChI is InChI=1S/C18H29BrN2/c1-13-7-6-10-21(14(13)2)16-9-8-15(17(19)11-16)12-20-18(3,4)5/h8-9,11,13-14,20H,6-7,10,12H2,1-5H3. The molecule has 1 aliphatic heterocycles. The lowest BCUT2D eigenvalue weighted by atomic mass is 9.91. The predicted molar refractivity (Wildman–Crippen MR) is 95.9 cm³/mol. The van der Waals surface area contributed by atoms with E-state index in [4.69, 9.17) is 0 Å². The first-order valence-electron chi connectivity index (χ1n) is 8.08. The highest BCUT2D eigenvalue weighted by Crippen LogP contribution is 2.31. The van der Waals surface area contributed by atoms with E-state index in [1.807, 2.05) is 0 Å². The first kappa shape index (κ1) is 16.8. The van der Waals surface area contributed by atoms with Crippen LogP contribution < -0.4 is 10.2 Å². The van der Waals surface area contributed by atoms with Gasteiger partial charge in [0, 0.05) is 34.8 Å². The Bertz CT molecular complexity index is 479. The van der Waals surface area contributed by atoms with E-state index in [1.165, 1.54) is 35.1 Å². The van der Waals surface area contributed by atoms with E-state index in [9.17, 15) is 0 Å². The summed E-state index contributed by atoms with van der Waals surface area (Å²) in [6.07, 6.45) is 2.66. The van der Waals surface area contributed by atoms with Crippen molar-refractivity contribution in [2.75, 3.05) is 11.4 Å². The molecule has 3 heteroatoms. The van der Waals surface area contributed by atoms with Gasteiger partial charge in [-0.25, -0.2) is 0 Å². The van der Waals surface area contributed by atoms with Crippen molar-refractivity contribution in [1.82, 2.24) is 5.32 Å². The van der Waals surface area contributed by atoms with E-state index in [1.54, 1.807) is 0 Å². The van der Waals surface area contributed by atoms with E-state index >= 15 is 0 Å². The third-order valence-corrected chi connectivity index (χ3v) is 5.29. The Hall–Kier alpha value is -0.540. The smallest absolute Gasteiger partial charge is 0.0380 e. The van der Waals surface area contributed by atoms with Crippen LogP contribution >= 0.6 is 15.9 Å². The van der Waals surface area contributed by atoms with Crippen LogP contribution in [0.2, 0.25) is 0 Å². The Morgan fingerprint density at radius 3 is 2.62 bits per heavy atom. The summed E-state index contributed by atoms with van der Waals surface area (Å²) in [7, 11) is 0. The number of anilines is 1. The molecule has 1 aromatic carbocycles. The average Bonchev–Trinajstić information content (AvgIpc) is 2.39. The first-order valence-corrected chi connectivity index (χ1v) is 8.87. The number of nitrogens with zero attached hydrogens (tertiary/aromatic N) is 1. The number of piperidine rings is 1. The quantitative estimate of drug-likeness (QED) is 0.826. The maximum absolute atomic E-state index is 3.75. The van der Waals surface area contributed by atoms with Crippen LogP contribution in [0.25, 0.3) is 0 Å². The van der Waals surface area contributed by atoms with E-state index in [-0.39, 0.29) is 5.54 Å². The molecule has 1 fully saturated rings. The molecule has 1 aliphatic rings. The molecule has 1 aromatic rings. The molecular weight excluding hydrogens is 324 g/mol. The van der Waals surface area contributed by atoms with Gasteiger partial charge in [-0.1, -0.05) is 28.9 Å². The summed E-state index contributed by atoms with van der Waals surface area (Å²) in [5, 5.41) is 3.55. The van der Waals surface area contributed by atoms with Crippen molar-refractivity contribution in [3.05, 3.63) is 28.2 Å². The molecule has 1 N–H and O–H groups in total. The summed E-state index contributed by atoms with van der Waals surface area (Å²) < 4.78 is 1.21. The first-order chi connectivity index (χ1) is 9.78. The van der Waals surface area contributed by atoms with Crippen molar-refractivity contribution in [2.45, 2.75) is 65.6 Å². The molecule has 1 heterocycles. The molecule has 21 heavy (non-hydrogen) atoms. The zero-order valence-electron chi connectivity index (χ0n) is 14.0. The fourth-order valence-corrected chi connectivity index (χ4v) is 3.43. The van der Waals surface area contributed by atoms with Gasteiger partial charge < -0.3 is 10.2 Å². The summed E-state index contributed by atoms with van der Waals surface area (Å²) in [6.45, 7) is 13.4. The minimum Gasteiger partial charge on any atom is -0.369 e. The van der Waals surface area contributed by atoms with Crippen LogP contribution in [0.1, 0.15) is 53.0 Å². The summed E-state index contributed by atoms with van der Waals surface area (Å²) in [5.74, 6) is 0.778. The van der Waals surface area contributed by atoms with Gasteiger partial charge in [0.15, 0.2) is 0 Å². The van der Waals surface area contributed by atoms with Crippen LogP contribution in [0.3, 0.4) is 0 Å². The fraction of sp³-hybridized carbons (Fsp3) is 0.667. The number of nitrogens with one attached hydrogen (secondary N) is 1. The molecule has 0 saturated carbocycles. The van der Waals surface area contributed by atoms with Gasteiger partial charge in [0.05, 0.1) is 0 Å².